The average molecular weight is 406 g/mol. The predicted octanol–water partition coefficient (Wildman–Crippen LogP) is 5.26. The van der Waals surface area contributed by atoms with Crippen LogP contribution < -0.4 is 0 Å². The van der Waals surface area contributed by atoms with E-state index < -0.39 is 11.7 Å². The maximum absolute atomic E-state index is 13.0. The van der Waals surface area contributed by atoms with E-state index in [1.165, 1.54) is 29.0 Å². The minimum atomic E-state index is -4.40. The summed E-state index contributed by atoms with van der Waals surface area (Å²) in [6.07, 6.45) is 1.53. The van der Waals surface area contributed by atoms with Crippen LogP contribution in [0.5, 0.6) is 0 Å². The summed E-state index contributed by atoms with van der Waals surface area (Å²) in [6, 6.07) is 11.0. The van der Waals surface area contributed by atoms with Gasteiger partial charge in [0.15, 0.2) is 0 Å². The monoisotopic (exact) mass is 406 g/mol. The van der Waals surface area contributed by atoms with Crippen molar-refractivity contribution in [2.75, 3.05) is 5.75 Å². The summed E-state index contributed by atoms with van der Waals surface area (Å²) in [5.74, 6) is 0.226. The van der Waals surface area contributed by atoms with E-state index in [4.69, 9.17) is 0 Å². The van der Waals surface area contributed by atoms with E-state index >= 15 is 0 Å². The second-order valence-electron chi connectivity index (χ2n) is 7.31. The highest BCUT2D eigenvalue weighted by molar-refractivity contribution is 7.99. The second-order valence-corrected chi connectivity index (χ2v) is 8.31. The molecule has 1 heterocycles. The number of hydrogen-bond donors (Lipinski definition) is 0. The first-order valence-electron chi connectivity index (χ1n) is 9.48. The summed E-state index contributed by atoms with van der Waals surface area (Å²) >= 11 is 1.20. The topological polar surface area (TPSA) is 33.2 Å². The lowest BCUT2D eigenvalue weighted by atomic mass is 9.86. The van der Waals surface area contributed by atoms with Crippen LogP contribution in [0.4, 0.5) is 13.2 Å². The molecule has 0 radical (unpaired) electrons. The van der Waals surface area contributed by atoms with E-state index in [1.807, 2.05) is 17.0 Å². The van der Waals surface area contributed by atoms with Crippen molar-refractivity contribution in [3.05, 3.63) is 59.3 Å². The van der Waals surface area contributed by atoms with Gasteiger partial charge in [0, 0.05) is 12.2 Å². The highest BCUT2D eigenvalue weighted by Crippen LogP contribution is 2.41. The molecule has 7 heteroatoms. The predicted molar refractivity (Wildman–Crippen MR) is 102 cm³/mol. The van der Waals surface area contributed by atoms with Crippen LogP contribution in [-0.4, -0.2) is 27.6 Å². The zero-order valence-corrected chi connectivity index (χ0v) is 16.1. The van der Waals surface area contributed by atoms with Gasteiger partial charge in [0.1, 0.15) is 0 Å². The molecule has 0 bridgehead atoms. The van der Waals surface area contributed by atoms with Crippen molar-refractivity contribution < 1.29 is 18.0 Å². The number of pyridine rings is 1. The quantitative estimate of drug-likeness (QED) is 0.635. The minimum Gasteiger partial charge on any atom is -0.332 e. The summed E-state index contributed by atoms with van der Waals surface area (Å²) in [5.41, 5.74) is 1.78. The lowest BCUT2D eigenvalue weighted by Gasteiger charge is -2.36. The fraction of sp³-hybridized carbons (Fsp3) is 0.429. The fourth-order valence-corrected chi connectivity index (χ4v) is 4.56. The molecular formula is C21H21F3N2OS. The van der Waals surface area contributed by atoms with Crippen molar-refractivity contribution in [3.63, 3.8) is 0 Å². The third-order valence-corrected chi connectivity index (χ3v) is 6.24. The van der Waals surface area contributed by atoms with Crippen molar-refractivity contribution in [2.24, 2.45) is 0 Å². The first kappa shape index (κ1) is 19.3. The highest BCUT2D eigenvalue weighted by atomic mass is 32.2. The SMILES string of the molecule is O=C(CSc1ccc(C(F)(F)F)cn1)N(C1CC1)C1CCCc2ccccc21. The van der Waals surface area contributed by atoms with Crippen molar-refractivity contribution in [1.82, 2.24) is 9.88 Å². The molecule has 1 aromatic heterocycles. The van der Waals surface area contributed by atoms with Crippen LogP contribution in [0.1, 0.15) is 48.4 Å². The van der Waals surface area contributed by atoms with Gasteiger partial charge in [-0.05, 0) is 55.4 Å². The number of halogens is 3. The standard InChI is InChI=1S/C21H21F3N2OS/c22-21(23,24)15-8-11-19(25-12-15)28-13-20(27)26(16-9-10-16)18-7-3-5-14-4-1-2-6-17(14)18/h1-2,4,6,8,11-12,16,18H,3,5,7,9-10,13H2. The number of amides is 1. The summed E-state index contributed by atoms with van der Waals surface area (Å²) < 4.78 is 38.0. The maximum atomic E-state index is 13.0. The van der Waals surface area contributed by atoms with Gasteiger partial charge >= 0.3 is 6.18 Å². The van der Waals surface area contributed by atoms with Gasteiger partial charge in [-0.15, -0.1) is 0 Å². The van der Waals surface area contributed by atoms with Crippen LogP contribution in [0, 0.1) is 0 Å². The largest absolute Gasteiger partial charge is 0.417 e. The van der Waals surface area contributed by atoms with Gasteiger partial charge in [-0.2, -0.15) is 13.2 Å². The molecule has 0 N–H and O–H groups in total. The molecule has 1 atom stereocenters. The zero-order chi connectivity index (χ0) is 19.7. The number of carbonyl (C=O) groups excluding carboxylic acids is 1. The van der Waals surface area contributed by atoms with Gasteiger partial charge in [-0.3, -0.25) is 4.79 Å². The van der Waals surface area contributed by atoms with Crippen molar-refractivity contribution in [3.8, 4) is 0 Å². The minimum absolute atomic E-state index is 0.0379. The molecule has 148 valence electrons. The Hall–Kier alpha value is -2.02. The first-order valence-corrected chi connectivity index (χ1v) is 10.5. The molecule has 28 heavy (non-hydrogen) atoms. The summed E-state index contributed by atoms with van der Waals surface area (Å²) in [6.45, 7) is 0. The Labute approximate surface area is 166 Å². The number of carbonyl (C=O) groups is 1. The summed E-state index contributed by atoms with van der Waals surface area (Å²) in [4.78, 5) is 18.9. The molecule has 3 nitrogen and oxygen atoms in total. The van der Waals surface area contributed by atoms with Crippen LogP contribution in [0.15, 0.2) is 47.6 Å². The normalized spacial score (nSPS) is 19.2. The van der Waals surface area contributed by atoms with Gasteiger partial charge in [0.2, 0.25) is 5.91 Å². The van der Waals surface area contributed by atoms with Crippen molar-refractivity contribution in [1.29, 1.82) is 0 Å². The lowest BCUT2D eigenvalue weighted by Crippen LogP contribution is -2.39. The van der Waals surface area contributed by atoms with E-state index in [1.54, 1.807) is 0 Å². The van der Waals surface area contributed by atoms with Crippen LogP contribution in [-0.2, 0) is 17.4 Å². The van der Waals surface area contributed by atoms with Gasteiger partial charge in [0.05, 0.1) is 22.4 Å². The van der Waals surface area contributed by atoms with E-state index in [-0.39, 0.29) is 23.7 Å². The molecule has 1 aromatic carbocycles. The molecule has 1 amide bonds. The molecule has 4 rings (SSSR count). The Bertz CT molecular complexity index is 849. The van der Waals surface area contributed by atoms with E-state index in [2.05, 4.69) is 17.1 Å². The second kappa shape index (κ2) is 7.78. The average Bonchev–Trinajstić information content (AvgIpc) is 3.51. The van der Waals surface area contributed by atoms with Gasteiger partial charge in [-0.25, -0.2) is 4.98 Å². The van der Waals surface area contributed by atoms with E-state index in [0.29, 0.717) is 5.03 Å². The number of aromatic nitrogens is 1. The first-order chi connectivity index (χ1) is 13.4. The number of aryl methyl sites for hydroxylation is 1. The molecule has 0 aliphatic heterocycles. The Balaban J connectivity index is 1.46. The smallest absolute Gasteiger partial charge is 0.332 e. The molecule has 1 fully saturated rings. The van der Waals surface area contributed by atoms with E-state index in [0.717, 1.165) is 44.4 Å². The number of benzene rings is 1. The molecule has 2 aliphatic rings. The Morgan fingerprint density at radius 2 is 1.93 bits per heavy atom. The molecule has 2 aliphatic carbocycles. The molecule has 0 spiro atoms. The Morgan fingerprint density at radius 1 is 1.14 bits per heavy atom. The molecule has 1 saturated carbocycles. The molecule has 2 aromatic rings. The fourth-order valence-electron chi connectivity index (χ4n) is 3.85. The molecule has 0 saturated heterocycles. The molecular weight excluding hydrogens is 385 g/mol. The van der Waals surface area contributed by atoms with Crippen molar-refractivity contribution >= 4 is 17.7 Å². The Morgan fingerprint density at radius 3 is 2.61 bits per heavy atom. The maximum Gasteiger partial charge on any atom is 0.417 e. The number of alkyl halides is 3. The number of hydrogen-bond acceptors (Lipinski definition) is 3. The van der Waals surface area contributed by atoms with E-state index in [9.17, 15) is 18.0 Å². The van der Waals surface area contributed by atoms with Crippen LogP contribution in [0.25, 0.3) is 0 Å². The van der Waals surface area contributed by atoms with Crippen LogP contribution in [0.2, 0.25) is 0 Å². The number of nitrogens with zero attached hydrogens (tertiary/aromatic N) is 2. The van der Waals surface area contributed by atoms with Crippen LogP contribution >= 0.6 is 11.8 Å². The molecule has 1 unspecified atom stereocenters. The van der Waals surface area contributed by atoms with Gasteiger partial charge in [0.25, 0.3) is 0 Å². The van der Waals surface area contributed by atoms with Gasteiger partial charge in [-0.1, -0.05) is 36.0 Å². The summed E-state index contributed by atoms with van der Waals surface area (Å²) in [7, 11) is 0. The highest BCUT2D eigenvalue weighted by Gasteiger charge is 2.39. The Kier molecular flexibility index (Phi) is 5.36. The zero-order valence-electron chi connectivity index (χ0n) is 15.3. The number of fused-ring (bicyclic) bond motifs is 1. The lowest BCUT2D eigenvalue weighted by molar-refractivity contribution is -0.138. The van der Waals surface area contributed by atoms with Crippen molar-refractivity contribution in [2.45, 2.75) is 55.4 Å². The number of rotatable bonds is 5. The number of thioether (sulfide) groups is 1. The van der Waals surface area contributed by atoms with Crippen LogP contribution in [0.3, 0.4) is 0 Å². The third-order valence-electron chi connectivity index (χ3n) is 5.31. The summed E-state index contributed by atoms with van der Waals surface area (Å²) in [5, 5.41) is 0.432. The van der Waals surface area contributed by atoms with Gasteiger partial charge < -0.3 is 4.90 Å². The third kappa shape index (κ3) is 4.19.